The van der Waals surface area contributed by atoms with Crippen molar-refractivity contribution >= 4 is 29.0 Å². The Hall–Kier alpha value is -2.68. The lowest BCUT2D eigenvalue weighted by molar-refractivity contribution is -0.144. The molecule has 0 aliphatic rings. The lowest BCUT2D eigenvalue weighted by atomic mass is 9.94. The van der Waals surface area contributed by atoms with Crippen LogP contribution in [-0.2, 0) is 19.1 Å². The van der Waals surface area contributed by atoms with E-state index in [2.05, 4.69) is 4.85 Å². The summed E-state index contributed by atoms with van der Waals surface area (Å²) in [4.78, 5) is 41.2. The minimum atomic E-state index is -0.701. The van der Waals surface area contributed by atoms with E-state index in [1.54, 1.807) is 31.2 Å². The van der Waals surface area contributed by atoms with Gasteiger partial charge in [-0.15, -0.1) is 0 Å². The number of nitrogens with zero attached hydrogens (tertiary/aromatic N) is 2. The fraction of sp³-hybridized carbons (Fsp3) is 0.474. The van der Waals surface area contributed by atoms with E-state index in [1.165, 1.54) is 11.8 Å². The van der Waals surface area contributed by atoms with Gasteiger partial charge in [0.05, 0.1) is 25.6 Å². The van der Waals surface area contributed by atoms with E-state index < -0.39 is 12.0 Å². The van der Waals surface area contributed by atoms with Crippen LogP contribution in [0.5, 0.6) is 0 Å². The first-order chi connectivity index (χ1) is 11.8. The summed E-state index contributed by atoms with van der Waals surface area (Å²) in [5.74, 6) is -1.06. The maximum absolute atomic E-state index is 12.7. The molecule has 1 aromatic carbocycles. The van der Waals surface area contributed by atoms with Crippen LogP contribution >= 0.6 is 0 Å². The second-order valence-corrected chi connectivity index (χ2v) is 5.98. The normalized spacial score (nSPS) is 11.5. The van der Waals surface area contributed by atoms with Gasteiger partial charge < -0.3 is 9.64 Å². The third kappa shape index (κ3) is 5.71. The third-order valence-electron chi connectivity index (χ3n) is 3.70. The number of esters is 1. The molecular weight excluding hydrogens is 320 g/mol. The Bertz CT molecular complexity index is 676. The number of rotatable bonds is 8. The maximum Gasteiger partial charge on any atom is 0.306 e. The Morgan fingerprint density at radius 1 is 1.24 bits per heavy atom. The van der Waals surface area contributed by atoms with Crippen LogP contribution in [0, 0.1) is 12.5 Å². The molecule has 0 aromatic heterocycles. The summed E-state index contributed by atoms with van der Waals surface area (Å²) in [6.07, 6.45) is -0.00228. The second kappa shape index (κ2) is 9.58. The van der Waals surface area contributed by atoms with Gasteiger partial charge in [0.15, 0.2) is 11.5 Å². The Morgan fingerprint density at radius 2 is 1.92 bits per heavy atom. The predicted molar refractivity (Wildman–Crippen MR) is 95.4 cm³/mol. The highest BCUT2D eigenvalue weighted by molar-refractivity contribution is 6.01. The SMILES string of the molecule is [C-]#[N+]c1cccc(N(C(C)=O)C(C(=O)CCC(=O)OCC)C(C)C)c1. The average Bonchev–Trinajstić information content (AvgIpc) is 2.57. The molecule has 0 heterocycles. The van der Waals surface area contributed by atoms with Crippen molar-refractivity contribution < 1.29 is 19.1 Å². The van der Waals surface area contributed by atoms with E-state index in [4.69, 9.17) is 11.3 Å². The average molecular weight is 344 g/mol. The van der Waals surface area contributed by atoms with Gasteiger partial charge in [0.1, 0.15) is 0 Å². The maximum atomic E-state index is 12.7. The molecule has 0 N–H and O–H groups in total. The van der Waals surface area contributed by atoms with E-state index in [0.29, 0.717) is 11.4 Å². The van der Waals surface area contributed by atoms with Crippen molar-refractivity contribution in [1.82, 2.24) is 0 Å². The number of hydrogen-bond acceptors (Lipinski definition) is 4. The summed E-state index contributed by atoms with van der Waals surface area (Å²) in [6.45, 7) is 14.2. The monoisotopic (exact) mass is 344 g/mol. The summed E-state index contributed by atoms with van der Waals surface area (Å²) >= 11 is 0. The summed E-state index contributed by atoms with van der Waals surface area (Å²) in [5, 5.41) is 0. The van der Waals surface area contributed by atoms with Crippen LogP contribution < -0.4 is 4.90 Å². The van der Waals surface area contributed by atoms with E-state index in [0.717, 1.165) is 0 Å². The number of Topliss-reactive ketones (excluding diaryl/α,β-unsaturated/α-hetero) is 1. The van der Waals surface area contributed by atoms with Gasteiger partial charge in [-0.3, -0.25) is 14.4 Å². The van der Waals surface area contributed by atoms with Gasteiger partial charge in [-0.2, -0.15) is 0 Å². The number of carbonyl (C=O) groups is 3. The van der Waals surface area contributed by atoms with Gasteiger partial charge in [-0.1, -0.05) is 26.0 Å². The van der Waals surface area contributed by atoms with Crippen LogP contribution in [0.4, 0.5) is 11.4 Å². The Kier molecular flexibility index (Phi) is 7.80. The van der Waals surface area contributed by atoms with E-state index >= 15 is 0 Å². The predicted octanol–water partition coefficient (Wildman–Crippen LogP) is 3.53. The molecule has 0 bridgehead atoms. The van der Waals surface area contributed by atoms with Gasteiger partial charge in [-0.05, 0) is 25.0 Å². The smallest absolute Gasteiger partial charge is 0.306 e. The number of carbonyl (C=O) groups excluding carboxylic acids is 3. The fourth-order valence-corrected chi connectivity index (χ4v) is 2.67. The first-order valence-electron chi connectivity index (χ1n) is 8.27. The Labute approximate surface area is 148 Å². The molecule has 1 aromatic rings. The molecule has 1 unspecified atom stereocenters. The largest absolute Gasteiger partial charge is 0.466 e. The Balaban J connectivity index is 3.10. The first kappa shape index (κ1) is 20.4. The molecule has 6 nitrogen and oxygen atoms in total. The van der Waals surface area contributed by atoms with Gasteiger partial charge in [0.25, 0.3) is 0 Å². The third-order valence-corrected chi connectivity index (χ3v) is 3.70. The zero-order valence-electron chi connectivity index (χ0n) is 15.1. The zero-order valence-corrected chi connectivity index (χ0v) is 15.1. The van der Waals surface area contributed by atoms with Crippen molar-refractivity contribution in [2.45, 2.75) is 46.6 Å². The summed E-state index contributed by atoms with van der Waals surface area (Å²) < 4.78 is 4.85. The van der Waals surface area contributed by atoms with Crippen molar-refractivity contribution in [1.29, 1.82) is 0 Å². The van der Waals surface area contributed by atoms with Crippen molar-refractivity contribution in [3.8, 4) is 0 Å². The summed E-state index contributed by atoms with van der Waals surface area (Å²) in [6, 6.07) is 5.90. The molecule has 6 heteroatoms. The number of ether oxygens (including phenoxy) is 1. The fourth-order valence-electron chi connectivity index (χ4n) is 2.67. The highest BCUT2D eigenvalue weighted by atomic mass is 16.5. The van der Waals surface area contributed by atoms with Crippen molar-refractivity contribution in [3.63, 3.8) is 0 Å². The molecule has 0 radical (unpaired) electrons. The highest BCUT2D eigenvalue weighted by Crippen LogP contribution is 2.27. The number of hydrogen-bond donors (Lipinski definition) is 0. The molecule has 1 atom stereocenters. The van der Waals surface area contributed by atoms with Gasteiger partial charge >= 0.3 is 5.97 Å². The van der Waals surface area contributed by atoms with Crippen LogP contribution in [0.15, 0.2) is 24.3 Å². The minimum absolute atomic E-state index is 0.00791. The summed E-state index contributed by atoms with van der Waals surface area (Å²) in [7, 11) is 0. The molecule has 0 aliphatic carbocycles. The lowest BCUT2D eigenvalue weighted by Crippen LogP contribution is -2.47. The standard InChI is InChI=1S/C19H24N2O4/c1-6-25-18(24)11-10-17(23)19(13(2)3)21(14(4)22)16-9-7-8-15(12-16)20-5/h7-9,12-13,19H,6,10-11H2,1-4H3. The number of ketones is 1. The molecule has 134 valence electrons. The second-order valence-electron chi connectivity index (χ2n) is 5.98. The van der Waals surface area contributed by atoms with Crippen LogP contribution in [0.25, 0.3) is 4.85 Å². The molecule has 0 saturated carbocycles. The molecule has 0 fully saturated rings. The van der Waals surface area contributed by atoms with Crippen LogP contribution in [0.2, 0.25) is 0 Å². The van der Waals surface area contributed by atoms with Crippen LogP contribution in [-0.4, -0.2) is 30.3 Å². The van der Waals surface area contributed by atoms with Gasteiger partial charge in [0.2, 0.25) is 5.91 Å². The van der Waals surface area contributed by atoms with Crippen molar-refractivity contribution in [3.05, 3.63) is 35.7 Å². The van der Waals surface area contributed by atoms with Gasteiger partial charge in [-0.25, -0.2) is 4.85 Å². The lowest BCUT2D eigenvalue weighted by Gasteiger charge is -2.33. The topological polar surface area (TPSA) is 68.0 Å². The van der Waals surface area contributed by atoms with E-state index in [9.17, 15) is 14.4 Å². The van der Waals surface area contributed by atoms with E-state index in [-0.39, 0.29) is 37.1 Å². The first-order valence-corrected chi connectivity index (χ1v) is 8.27. The Morgan fingerprint density at radius 3 is 2.44 bits per heavy atom. The molecule has 1 rings (SSSR count). The molecule has 0 saturated heterocycles. The van der Waals surface area contributed by atoms with Crippen LogP contribution in [0.1, 0.15) is 40.5 Å². The quantitative estimate of drug-likeness (QED) is 0.534. The highest BCUT2D eigenvalue weighted by Gasteiger charge is 2.32. The van der Waals surface area contributed by atoms with Crippen LogP contribution in [0.3, 0.4) is 0 Å². The van der Waals surface area contributed by atoms with Gasteiger partial charge in [0, 0.05) is 19.0 Å². The molecular formula is C19H24N2O4. The number of anilines is 1. The van der Waals surface area contributed by atoms with Crippen molar-refractivity contribution in [2.75, 3.05) is 11.5 Å². The number of benzene rings is 1. The molecule has 0 spiro atoms. The molecule has 25 heavy (non-hydrogen) atoms. The molecule has 1 amide bonds. The molecule has 0 aliphatic heterocycles. The van der Waals surface area contributed by atoms with E-state index in [1.807, 2.05) is 13.8 Å². The number of amides is 1. The summed E-state index contributed by atoms with van der Waals surface area (Å²) in [5.41, 5.74) is 0.898. The minimum Gasteiger partial charge on any atom is -0.466 e. The zero-order chi connectivity index (χ0) is 19.0. The van der Waals surface area contributed by atoms with Crippen molar-refractivity contribution in [2.24, 2.45) is 5.92 Å².